The number of nitrogens with zero attached hydrogens (tertiary/aromatic N) is 1. The Labute approximate surface area is 181 Å². The largest absolute Gasteiger partial charge is 0.352 e. The third kappa shape index (κ3) is 3.63. The van der Waals surface area contributed by atoms with Crippen LogP contribution < -0.4 is 5.32 Å². The average molecular weight is 415 g/mol. The molecule has 158 valence electrons. The summed E-state index contributed by atoms with van der Waals surface area (Å²) in [6, 6.07) is 9.33. The van der Waals surface area contributed by atoms with Crippen LogP contribution in [0.2, 0.25) is 0 Å². The van der Waals surface area contributed by atoms with Gasteiger partial charge in [0.15, 0.2) is 0 Å². The van der Waals surface area contributed by atoms with E-state index in [0.717, 1.165) is 43.2 Å². The van der Waals surface area contributed by atoms with Gasteiger partial charge in [0.1, 0.15) is 0 Å². The molecule has 3 nitrogen and oxygen atoms in total. The summed E-state index contributed by atoms with van der Waals surface area (Å²) in [5.41, 5.74) is 3.12. The molecule has 1 atom stereocenters. The third-order valence-electron chi connectivity index (χ3n) is 8.78. The van der Waals surface area contributed by atoms with Crippen LogP contribution in [-0.2, 0) is 17.6 Å². The molecule has 0 spiro atoms. The number of carbonyl (C=O) groups excluding carboxylic acids is 1. The van der Waals surface area contributed by atoms with Gasteiger partial charge in [0, 0.05) is 31.1 Å². The van der Waals surface area contributed by atoms with Crippen LogP contribution in [0, 0.1) is 29.1 Å². The lowest BCUT2D eigenvalue weighted by atomic mass is 9.49. The summed E-state index contributed by atoms with van der Waals surface area (Å²) < 4.78 is 0. The van der Waals surface area contributed by atoms with Crippen LogP contribution in [-0.4, -0.2) is 36.5 Å². The quantitative estimate of drug-likeness (QED) is 0.799. The molecule has 4 saturated carbocycles. The highest BCUT2D eigenvalue weighted by Gasteiger charge is 2.54. The first-order valence-electron chi connectivity index (χ1n) is 11.8. The number of nitrogens with one attached hydrogen (secondary N) is 1. The Bertz CT molecular complexity index is 718. The number of rotatable bonds is 4. The molecule has 4 bridgehead atoms. The van der Waals surface area contributed by atoms with Crippen LogP contribution in [0.25, 0.3) is 0 Å². The predicted molar refractivity (Wildman–Crippen MR) is 118 cm³/mol. The van der Waals surface area contributed by atoms with E-state index in [0.29, 0.717) is 11.9 Å². The summed E-state index contributed by atoms with van der Waals surface area (Å²) in [7, 11) is 0. The van der Waals surface area contributed by atoms with Crippen LogP contribution >= 0.6 is 12.4 Å². The average Bonchev–Trinajstić information content (AvgIpc) is 3.26. The maximum absolute atomic E-state index is 13.3. The van der Waals surface area contributed by atoms with Crippen LogP contribution in [0.15, 0.2) is 24.3 Å². The number of carbonyl (C=O) groups is 1. The zero-order valence-corrected chi connectivity index (χ0v) is 18.3. The van der Waals surface area contributed by atoms with Crippen LogP contribution in [0.3, 0.4) is 0 Å². The van der Waals surface area contributed by atoms with Crippen molar-refractivity contribution in [3.05, 3.63) is 35.4 Å². The SMILES string of the molecule is Cl.O=C(NC1CCN(CC2Cc3ccccc3C2)C1)C12CC3CC(CC(C3)C1)C2. The van der Waals surface area contributed by atoms with E-state index >= 15 is 0 Å². The molecule has 1 amide bonds. The Morgan fingerprint density at radius 2 is 1.59 bits per heavy atom. The monoisotopic (exact) mass is 414 g/mol. The molecule has 1 aromatic carbocycles. The molecule has 0 aromatic heterocycles. The molecule has 29 heavy (non-hydrogen) atoms. The van der Waals surface area contributed by atoms with Gasteiger partial charge >= 0.3 is 0 Å². The van der Waals surface area contributed by atoms with Crippen molar-refractivity contribution in [3.8, 4) is 0 Å². The van der Waals surface area contributed by atoms with Gasteiger partial charge in [-0.2, -0.15) is 0 Å². The molecule has 6 aliphatic rings. The highest BCUT2D eigenvalue weighted by Crippen LogP contribution is 2.60. The van der Waals surface area contributed by atoms with Gasteiger partial charge in [-0.05, 0) is 92.6 Å². The molecule has 5 fully saturated rings. The Balaban J connectivity index is 0.00000181. The van der Waals surface area contributed by atoms with E-state index in [1.165, 1.54) is 57.9 Å². The van der Waals surface area contributed by atoms with E-state index in [1.54, 1.807) is 11.1 Å². The number of halogens is 1. The number of amides is 1. The van der Waals surface area contributed by atoms with Gasteiger partial charge in [-0.15, -0.1) is 12.4 Å². The smallest absolute Gasteiger partial charge is 0.226 e. The third-order valence-corrected chi connectivity index (χ3v) is 8.78. The molecular weight excluding hydrogens is 380 g/mol. The molecule has 0 radical (unpaired) electrons. The van der Waals surface area contributed by atoms with E-state index in [2.05, 4.69) is 34.5 Å². The van der Waals surface area contributed by atoms with Crippen LogP contribution in [0.5, 0.6) is 0 Å². The molecule has 1 N–H and O–H groups in total. The second kappa shape index (κ2) is 7.57. The molecule has 1 saturated heterocycles. The topological polar surface area (TPSA) is 32.3 Å². The van der Waals surface area contributed by atoms with Crippen molar-refractivity contribution in [2.45, 2.75) is 63.8 Å². The van der Waals surface area contributed by atoms with Gasteiger partial charge in [0.2, 0.25) is 5.91 Å². The van der Waals surface area contributed by atoms with Gasteiger partial charge < -0.3 is 10.2 Å². The fourth-order valence-corrected chi connectivity index (χ4v) is 7.99. The molecular formula is C25H35ClN2O. The molecule has 4 heteroatoms. The van der Waals surface area contributed by atoms with E-state index < -0.39 is 0 Å². The minimum atomic E-state index is 0. The minimum Gasteiger partial charge on any atom is -0.352 e. The van der Waals surface area contributed by atoms with Crippen molar-refractivity contribution in [2.24, 2.45) is 29.1 Å². The maximum Gasteiger partial charge on any atom is 0.226 e. The van der Waals surface area contributed by atoms with E-state index in [-0.39, 0.29) is 17.8 Å². The molecule has 1 unspecified atom stereocenters. The lowest BCUT2D eigenvalue weighted by molar-refractivity contribution is -0.146. The number of hydrogen-bond donors (Lipinski definition) is 1. The number of hydrogen-bond acceptors (Lipinski definition) is 2. The fourth-order valence-electron chi connectivity index (χ4n) is 7.99. The van der Waals surface area contributed by atoms with Crippen molar-refractivity contribution < 1.29 is 4.79 Å². The number of fused-ring (bicyclic) bond motifs is 1. The number of likely N-dealkylation sites (tertiary alicyclic amines) is 1. The second-order valence-corrected chi connectivity index (χ2v) is 11.0. The van der Waals surface area contributed by atoms with Crippen molar-refractivity contribution >= 4 is 18.3 Å². The first kappa shape index (κ1) is 19.9. The summed E-state index contributed by atoms with van der Waals surface area (Å²) in [5, 5.41) is 3.53. The Kier molecular flexibility index (Phi) is 5.19. The normalized spacial score (nSPS) is 38.1. The molecule has 7 rings (SSSR count). The summed E-state index contributed by atoms with van der Waals surface area (Å²) >= 11 is 0. The number of benzene rings is 1. The standard InChI is InChI=1S/C25H34N2O.ClH/c28-24(25-12-17-7-18(13-25)9-19(8-17)14-25)26-23-5-6-27(16-23)15-20-10-21-3-1-2-4-22(21)11-20;/h1-4,17-20,23H,5-16H2,(H,26,28);1H. The van der Waals surface area contributed by atoms with Gasteiger partial charge in [0.25, 0.3) is 0 Å². The van der Waals surface area contributed by atoms with Crippen molar-refractivity contribution in [1.82, 2.24) is 10.2 Å². The molecule has 1 aromatic rings. The first-order valence-corrected chi connectivity index (χ1v) is 11.8. The summed E-state index contributed by atoms with van der Waals surface area (Å²) in [6.45, 7) is 3.40. The Hall–Kier alpha value is -1.06. The second-order valence-electron chi connectivity index (χ2n) is 11.0. The highest BCUT2D eigenvalue weighted by molar-refractivity contribution is 5.85. The van der Waals surface area contributed by atoms with E-state index in [9.17, 15) is 4.79 Å². The molecule has 1 heterocycles. The zero-order valence-electron chi connectivity index (χ0n) is 17.4. The van der Waals surface area contributed by atoms with Gasteiger partial charge in [0.05, 0.1) is 0 Å². The fraction of sp³-hybridized carbons (Fsp3) is 0.720. The van der Waals surface area contributed by atoms with Gasteiger partial charge in [-0.25, -0.2) is 0 Å². The maximum atomic E-state index is 13.3. The van der Waals surface area contributed by atoms with Crippen LogP contribution in [0.1, 0.15) is 56.1 Å². The summed E-state index contributed by atoms with van der Waals surface area (Å²) in [5.74, 6) is 3.73. The highest BCUT2D eigenvalue weighted by atomic mass is 35.5. The lowest BCUT2D eigenvalue weighted by Gasteiger charge is -2.55. The molecule has 1 aliphatic heterocycles. The summed E-state index contributed by atoms with van der Waals surface area (Å²) in [4.78, 5) is 15.9. The first-order chi connectivity index (χ1) is 13.6. The van der Waals surface area contributed by atoms with E-state index in [4.69, 9.17) is 0 Å². The van der Waals surface area contributed by atoms with Crippen LogP contribution in [0.4, 0.5) is 0 Å². The van der Waals surface area contributed by atoms with Gasteiger partial charge in [-0.3, -0.25) is 4.79 Å². The Morgan fingerprint density at radius 1 is 1.00 bits per heavy atom. The van der Waals surface area contributed by atoms with Crippen molar-refractivity contribution in [1.29, 1.82) is 0 Å². The molecule has 5 aliphatic carbocycles. The predicted octanol–water partition coefficient (Wildman–Crippen LogP) is 4.23. The summed E-state index contributed by atoms with van der Waals surface area (Å²) in [6.07, 6.45) is 11.4. The Morgan fingerprint density at radius 3 is 2.17 bits per heavy atom. The zero-order chi connectivity index (χ0) is 18.7. The minimum absolute atomic E-state index is 0. The van der Waals surface area contributed by atoms with E-state index in [1.807, 2.05) is 0 Å². The van der Waals surface area contributed by atoms with Gasteiger partial charge in [-0.1, -0.05) is 24.3 Å². The van der Waals surface area contributed by atoms with Crippen molar-refractivity contribution in [2.75, 3.05) is 19.6 Å². The van der Waals surface area contributed by atoms with Crippen molar-refractivity contribution in [3.63, 3.8) is 0 Å². The lowest BCUT2D eigenvalue weighted by Crippen LogP contribution is -2.55.